The fourth-order valence-electron chi connectivity index (χ4n) is 2.80. The summed E-state index contributed by atoms with van der Waals surface area (Å²) < 4.78 is 31.0. The Bertz CT molecular complexity index is 685. The summed E-state index contributed by atoms with van der Waals surface area (Å²) in [5, 5.41) is 0. The van der Waals surface area contributed by atoms with Gasteiger partial charge in [0.15, 0.2) is 0 Å². The molecular formula is C16H26N4O4S. The number of methoxy groups -OCH3 is 1. The average molecular weight is 370 g/mol. The third-order valence-electron chi connectivity index (χ3n) is 4.18. The van der Waals surface area contributed by atoms with Crippen molar-refractivity contribution in [2.24, 2.45) is 0 Å². The summed E-state index contributed by atoms with van der Waals surface area (Å²) in [5.41, 5.74) is 1.33. The minimum absolute atomic E-state index is 0.0716. The van der Waals surface area contributed by atoms with Gasteiger partial charge in [0, 0.05) is 66.4 Å². The van der Waals surface area contributed by atoms with E-state index in [-0.39, 0.29) is 11.7 Å². The summed E-state index contributed by atoms with van der Waals surface area (Å²) in [6, 6.07) is 1.80. The van der Waals surface area contributed by atoms with Gasteiger partial charge < -0.3 is 14.5 Å². The second-order valence-corrected chi connectivity index (χ2v) is 8.23. The molecule has 0 N–H and O–H groups in total. The molecule has 0 spiro atoms. The summed E-state index contributed by atoms with van der Waals surface area (Å²) in [5.74, 6) is -0.0458. The van der Waals surface area contributed by atoms with Crippen molar-refractivity contribution < 1.29 is 17.9 Å². The highest BCUT2D eigenvalue weighted by molar-refractivity contribution is 7.89. The molecule has 0 atom stereocenters. The molecule has 1 aromatic heterocycles. The third kappa shape index (κ3) is 4.90. The number of aromatic nitrogens is 1. The summed E-state index contributed by atoms with van der Waals surface area (Å²) in [6.07, 6.45) is 3.68. The average Bonchev–Trinajstić information content (AvgIpc) is 2.61. The SMILES string of the molecule is COCCCS(=O)(=O)N1CCN(C(=O)c2cnccc2N(C)C)CC1. The number of rotatable bonds is 7. The molecule has 1 aliphatic rings. The Morgan fingerprint density at radius 3 is 2.56 bits per heavy atom. The molecule has 0 unspecified atom stereocenters. The van der Waals surface area contributed by atoms with E-state index in [4.69, 9.17) is 4.74 Å². The Morgan fingerprint density at radius 1 is 1.28 bits per heavy atom. The van der Waals surface area contributed by atoms with Crippen LogP contribution in [0.2, 0.25) is 0 Å². The van der Waals surface area contributed by atoms with E-state index in [1.54, 1.807) is 30.5 Å². The Morgan fingerprint density at radius 2 is 1.96 bits per heavy atom. The normalized spacial score (nSPS) is 16.0. The molecular weight excluding hydrogens is 344 g/mol. The molecule has 2 rings (SSSR count). The fourth-order valence-corrected chi connectivity index (χ4v) is 4.26. The fraction of sp³-hybridized carbons (Fsp3) is 0.625. The number of carbonyl (C=O) groups is 1. The van der Waals surface area contributed by atoms with E-state index in [1.165, 1.54) is 4.31 Å². The van der Waals surface area contributed by atoms with Crippen LogP contribution in [0.5, 0.6) is 0 Å². The lowest BCUT2D eigenvalue weighted by molar-refractivity contribution is 0.0698. The van der Waals surface area contributed by atoms with E-state index >= 15 is 0 Å². The van der Waals surface area contributed by atoms with Gasteiger partial charge in [0.25, 0.3) is 5.91 Å². The Labute approximate surface area is 149 Å². The van der Waals surface area contributed by atoms with Crippen LogP contribution >= 0.6 is 0 Å². The zero-order chi connectivity index (χ0) is 18.4. The minimum Gasteiger partial charge on any atom is -0.385 e. The number of nitrogens with zero attached hydrogens (tertiary/aromatic N) is 4. The van der Waals surface area contributed by atoms with Crippen LogP contribution in [0.15, 0.2) is 18.5 Å². The Hall–Kier alpha value is -1.71. The molecule has 1 aliphatic heterocycles. The lowest BCUT2D eigenvalue weighted by Gasteiger charge is -2.34. The van der Waals surface area contributed by atoms with E-state index < -0.39 is 10.0 Å². The quantitative estimate of drug-likeness (QED) is 0.641. The molecule has 2 heterocycles. The molecule has 0 bridgehead atoms. The number of piperazine rings is 1. The van der Waals surface area contributed by atoms with Crippen molar-refractivity contribution in [1.29, 1.82) is 0 Å². The molecule has 8 nitrogen and oxygen atoms in total. The number of pyridine rings is 1. The van der Waals surface area contributed by atoms with Gasteiger partial charge in [0.1, 0.15) is 0 Å². The van der Waals surface area contributed by atoms with Gasteiger partial charge in [-0.2, -0.15) is 4.31 Å². The van der Waals surface area contributed by atoms with Crippen LogP contribution in [-0.4, -0.2) is 88.3 Å². The Balaban J connectivity index is 1.99. The second kappa shape index (κ2) is 8.59. The van der Waals surface area contributed by atoms with Crippen molar-refractivity contribution in [2.75, 3.05) is 64.6 Å². The number of anilines is 1. The van der Waals surface area contributed by atoms with E-state index in [2.05, 4.69) is 4.98 Å². The molecule has 1 saturated heterocycles. The smallest absolute Gasteiger partial charge is 0.257 e. The maximum Gasteiger partial charge on any atom is 0.257 e. The summed E-state index contributed by atoms with van der Waals surface area (Å²) in [7, 11) is 2.00. The highest BCUT2D eigenvalue weighted by Crippen LogP contribution is 2.20. The van der Waals surface area contributed by atoms with Gasteiger partial charge >= 0.3 is 0 Å². The molecule has 0 saturated carbocycles. The van der Waals surface area contributed by atoms with E-state index in [1.807, 2.05) is 19.0 Å². The molecule has 0 aliphatic carbocycles. The molecule has 9 heteroatoms. The van der Waals surface area contributed by atoms with Crippen LogP contribution in [0, 0.1) is 0 Å². The number of hydrogen-bond donors (Lipinski definition) is 0. The molecule has 0 radical (unpaired) electrons. The van der Waals surface area contributed by atoms with Crippen LogP contribution in [0.25, 0.3) is 0 Å². The van der Waals surface area contributed by atoms with E-state index in [9.17, 15) is 13.2 Å². The number of hydrogen-bond acceptors (Lipinski definition) is 6. The molecule has 1 fully saturated rings. The number of sulfonamides is 1. The maximum atomic E-state index is 12.8. The first kappa shape index (κ1) is 19.6. The third-order valence-corrected chi connectivity index (χ3v) is 6.14. The van der Waals surface area contributed by atoms with E-state index in [0.29, 0.717) is 44.8 Å². The van der Waals surface area contributed by atoms with Crippen LogP contribution in [0.1, 0.15) is 16.8 Å². The molecule has 140 valence electrons. The Kier molecular flexibility index (Phi) is 6.74. The summed E-state index contributed by atoms with van der Waals surface area (Å²) >= 11 is 0. The van der Waals surface area contributed by atoms with Gasteiger partial charge in [-0.15, -0.1) is 0 Å². The first-order chi connectivity index (χ1) is 11.9. The van der Waals surface area contributed by atoms with E-state index in [0.717, 1.165) is 5.69 Å². The van der Waals surface area contributed by atoms with Crippen molar-refractivity contribution in [2.45, 2.75) is 6.42 Å². The zero-order valence-corrected chi connectivity index (χ0v) is 15.8. The van der Waals surface area contributed by atoms with Crippen molar-refractivity contribution in [3.63, 3.8) is 0 Å². The van der Waals surface area contributed by atoms with Gasteiger partial charge in [-0.25, -0.2) is 8.42 Å². The second-order valence-electron chi connectivity index (χ2n) is 6.14. The van der Waals surface area contributed by atoms with Crippen LogP contribution < -0.4 is 4.90 Å². The minimum atomic E-state index is -3.30. The van der Waals surface area contributed by atoms with Gasteiger partial charge in [-0.3, -0.25) is 9.78 Å². The topological polar surface area (TPSA) is 83.1 Å². The molecule has 1 amide bonds. The number of ether oxygens (including phenoxy) is 1. The van der Waals surface area contributed by atoms with Crippen molar-refractivity contribution in [3.05, 3.63) is 24.0 Å². The predicted octanol–water partition coefficient (Wildman–Crippen LogP) is 0.272. The number of carbonyl (C=O) groups excluding carboxylic acids is 1. The van der Waals surface area contributed by atoms with Crippen LogP contribution in [-0.2, 0) is 14.8 Å². The predicted molar refractivity (Wildman–Crippen MR) is 96.3 cm³/mol. The maximum absolute atomic E-state index is 12.8. The van der Waals surface area contributed by atoms with Gasteiger partial charge in [-0.1, -0.05) is 0 Å². The first-order valence-electron chi connectivity index (χ1n) is 8.24. The van der Waals surface area contributed by atoms with Crippen molar-refractivity contribution in [3.8, 4) is 0 Å². The lowest BCUT2D eigenvalue weighted by atomic mass is 10.2. The van der Waals surface area contributed by atoms with Gasteiger partial charge in [-0.05, 0) is 12.5 Å². The molecule has 0 aromatic carbocycles. The highest BCUT2D eigenvalue weighted by atomic mass is 32.2. The highest BCUT2D eigenvalue weighted by Gasteiger charge is 2.29. The summed E-state index contributed by atoms with van der Waals surface area (Å²) in [6.45, 7) is 1.82. The molecule has 1 aromatic rings. The van der Waals surface area contributed by atoms with Crippen LogP contribution in [0.4, 0.5) is 5.69 Å². The zero-order valence-electron chi connectivity index (χ0n) is 15.0. The first-order valence-corrected chi connectivity index (χ1v) is 9.85. The van der Waals surface area contributed by atoms with Crippen LogP contribution in [0.3, 0.4) is 0 Å². The largest absolute Gasteiger partial charge is 0.385 e. The lowest BCUT2D eigenvalue weighted by Crippen LogP contribution is -2.51. The summed E-state index contributed by atoms with van der Waals surface area (Å²) in [4.78, 5) is 20.4. The standard InChI is InChI=1S/C16H26N4O4S/c1-18(2)15-5-6-17-13-14(15)16(21)19-7-9-20(10-8-19)25(22,23)12-4-11-24-3/h5-6,13H,4,7-12H2,1-3H3. The van der Waals surface area contributed by atoms with Crippen molar-refractivity contribution >= 4 is 21.6 Å². The monoisotopic (exact) mass is 370 g/mol. The molecule has 25 heavy (non-hydrogen) atoms. The van der Waals surface area contributed by atoms with Gasteiger partial charge in [0.2, 0.25) is 10.0 Å². The van der Waals surface area contributed by atoms with Gasteiger partial charge in [0.05, 0.1) is 17.0 Å². The number of amides is 1. The van der Waals surface area contributed by atoms with Crippen molar-refractivity contribution in [1.82, 2.24) is 14.2 Å².